The molecule has 15 heavy (non-hydrogen) atoms. The first-order valence-electron chi connectivity index (χ1n) is 4.95. The molecule has 1 aromatic carbocycles. The smallest absolute Gasteiger partial charge is 0.324 e. The van der Waals surface area contributed by atoms with E-state index in [0.29, 0.717) is 13.2 Å². The summed E-state index contributed by atoms with van der Waals surface area (Å²) in [7, 11) is 0. The van der Waals surface area contributed by atoms with Crippen LogP contribution in [0.15, 0.2) is 30.3 Å². The van der Waals surface area contributed by atoms with E-state index in [1.807, 2.05) is 30.3 Å². The molecule has 0 aliphatic heterocycles. The SMILES string of the molecule is CCOC(=O)C(N)CNc1ccccc1. The Morgan fingerprint density at radius 2 is 2.13 bits per heavy atom. The quantitative estimate of drug-likeness (QED) is 0.708. The van der Waals surface area contributed by atoms with Crippen molar-refractivity contribution in [1.29, 1.82) is 0 Å². The average Bonchev–Trinajstić information content (AvgIpc) is 2.27. The summed E-state index contributed by atoms with van der Waals surface area (Å²) < 4.78 is 4.79. The number of carbonyl (C=O) groups excluding carboxylic acids is 1. The first kappa shape index (κ1) is 11.5. The summed E-state index contributed by atoms with van der Waals surface area (Å²) >= 11 is 0. The molecule has 0 fully saturated rings. The van der Waals surface area contributed by atoms with Crippen LogP contribution in [0.1, 0.15) is 6.92 Å². The van der Waals surface area contributed by atoms with Crippen LogP contribution in [0.25, 0.3) is 0 Å². The highest BCUT2D eigenvalue weighted by Gasteiger charge is 2.13. The highest BCUT2D eigenvalue weighted by atomic mass is 16.5. The van der Waals surface area contributed by atoms with E-state index in [-0.39, 0.29) is 5.97 Å². The van der Waals surface area contributed by atoms with Crippen LogP contribution in [-0.2, 0) is 9.53 Å². The number of carbonyl (C=O) groups is 1. The summed E-state index contributed by atoms with van der Waals surface area (Å²) in [5.41, 5.74) is 6.56. The molecule has 4 nitrogen and oxygen atoms in total. The molecule has 1 aromatic rings. The Labute approximate surface area is 89.4 Å². The number of nitrogens with one attached hydrogen (secondary N) is 1. The highest BCUT2D eigenvalue weighted by molar-refractivity contribution is 5.76. The van der Waals surface area contributed by atoms with Crippen LogP contribution in [0, 0.1) is 0 Å². The minimum absolute atomic E-state index is 0.359. The summed E-state index contributed by atoms with van der Waals surface area (Å²) in [5, 5.41) is 3.06. The molecule has 0 spiro atoms. The second kappa shape index (κ2) is 6.03. The van der Waals surface area contributed by atoms with Gasteiger partial charge in [0.25, 0.3) is 0 Å². The number of hydrogen-bond donors (Lipinski definition) is 2. The van der Waals surface area contributed by atoms with Crippen molar-refractivity contribution >= 4 is 11.7 Å². The minimum atomic E-state index is -0.620. The molecule has 0 amide bonds. The van der Waals surface area contributed by atoms with Gasteiger partial charge in [0, 0.05) is 12.2 Å². The number of esters is 1. The number of anilines is 1. The predicted molar refractivity (Wildman–Crippen MR) is 59.5 cm³/mol. The number of ether oxygens (including phenoxy) is 1. The molecule has 0 radical (unpaired) electrons. The van der Waals surface area contributed by atoms with E-state index in [1.165, 1.54) is 0 Å². The van der Waals surface area contributed by atoms with Gasteiger partial charge in [-0.25, -0.2) is 0 Å². The Morgan fingerprint density at radius 3 is 2.73 bits per heavy atom. The van der Waals surface area contributed by atoms with E-state index in [0.717, 1.165) is 5.69 Å². The molecule has 0 heterocycles. The van der Waals surface area contributed by atoms with Crippen LogP contribution in [0.5, 0.6) is 0 Å². The zero-order valence-electron chi connectivity index (χ0n) is 8.77. The van der Waals surface area contributed by atoms with Crippen LogP contribution in [0.4, 0.5) is 5.69 Å². The van der Waals surface area contributed by atoms with Gasteiger partial charge in [-0.15, -0.1) is 0 Å². The molecule has 4 heteroatoms. The van der Waals surface area contributed by atoms with Gasteiger partial charge < -0.3 is 15.8 Å². The highest BCUT2D eigenvalue weighted by Crippen LogP contribution is 2.04. The molecule has 0 aliphatic rings. The molecule has 0 aromatic heterocycles. The van der Waals surface area contributed by atoms with Gasteiger partial charge in [0.1, 0.15) is 6.04 Å². The third-order valence-corrected chi connectivity index (χ3v) is 1.89. The molecule has 0 aliphatic carbocycles. The minimum Gasteiger partial charge on any atom is -0.465 e. The lowest BCUT2D eigenvalue weighted by Gasteiger charge is -2.12. The molecule has 0 saturated carbocycles. The van der Waals surface area contributed by atoms with E-state index in [4.69, 9.17) is 10.5 Å². The first-order valence-corrected chi connectivity index (χ1v) is 4.95. The van der Waals surface area contributed by atoms with Gasteiger partial charge in [0.05, 0.1) is 6.61 Å². The summed E-state index contributed by atoms with van der Waals surface area (Å²) in [4.78, 5) is 11.2. The molecule has 1 rings (SSSR count). The summed E-state index contributed by atoms with van der Waals surface area (Å²) in [6.07, 6.45) is 0. The average molecular weight is 208 g/mol. The number of benzene rings is 1. The summed E-state index contributed by atoms with van der Waals surface area (Å²) in [5.74, 6) is -0.374. The second-order valence-corrected chi connectivity index (χ2v) is 3.11. The van der Waals surface area contributed by atoms with Crippen molar-refractivity contribution in [3.8, 4) is 0 Å². The van der Waals surface area contributed by atoms with Crippen molar-refractivity contribution in [2.45, 2.75) is 13.0 Å². The van der Waals surface area contributed by atoms with Gasteiger partial charge in [-0.1, -0.05) is 18.2 Å². The fourth-order valence-corrected chi connectivity index (χ4v) is 1.12. The molecular formula is C11H16N2O2. The lowest BCUT2D eigenvalue weighted by Crippen LogP contribution is -2.38. The topological polar surface area (TPSA) is 64.3 Å². The van der Waals surface area contributed by atoms with Crippen molar-refractivity contribution in [3.05, 3.63) is 30.3 Å². The molecule has 82 valence electrons. The van der Waals surface area contributed by atoms with Crippen LogP contribution in [0.3, 0.4) is 0 Å². The predicted octanol–water partition coefficient (Wildman–Crippen LogP) is 0.989. The fraction of sp³-hybridized carbons (Fsp3) is 0.364. The van der Waals surface area contributed by atoms with Gasteiger partial charge in [-0.2, -0.15) is 0 Å². The van der Waals surface area contributed by atoms with Crippen LogP contribution < -0.4 is 11.1 Å². The zero-order valence-corrected chi connectivity index (χ0v) is 8.77. The van der Waals surface area contributed by atoms with Gasteiger partial charge in [0.15, 0.2) is 0 Å². The third kappa shape index (κ3) is 3.99. The Morgan fingerprint density at radius 1 is 1.47 bits per heavy atom. The van der Waals surface area contributed by atoms with Crippen molar-refractivity contribution in [1.82, 2.24) is 0 Å². The number of nitrogens with two attached hydrogens (primary N) is 1. The number of hydrogen-bond acceptors (Lipinski definition) is 4. The summed E-state index contributed by atoms with van der Waals surface area (Å²) in [6, 6.07) is 8.97. The molecular weight excluding hydrogens is 192 g/mol. The van der Waals surface area contributed by atoms with E-state index in [9.17, 15) is 4.79 Å². The van der Waals surface area contributed by atoms with Crippen molar-refractivity contribution < 1.29 is 9.53 Å². The van der Waals surface area contributed by atoms with Gasteiger partial charge >= 0.3 is 5.97 Å². The number of rotatable bonds is 5. The van der Waals surface area contributed by atoms with Crippen molar-refractivity contribution in [3.63, 3.8) is 0 Å². The Hall–Kier alpha value is -1.55. The second-order valence-electron chi connectivity index (χ2n) is 3.11. The first-order chi connectivity index (χ1) is 7.24. The van der Waals surface area contributed by atoms with Crippen LogP contribution in [-0.4, -0.2) is 25.2 Å². The maximum Gasteiger partial charge on any atom is 0.324 e. The van der Waals surface area contributed by atoms with Gasteiger partial charge in [-0.3, -0.25) is 4.79 Å². The Kier molecular flexibility index (Phi) is 4.63. The van der Waals surface area contributed by atoms with E-state index in [1.54, 1.807) is 6.92 Å². The van der Waals surface area contributed by atoms with E-state index >= 15 is 0 Å². The molecule has 3 N–H and O–H groups in total. The molecule has 1 atom stereocenters. The van der Waals surface area contributed by atoms with Crippen molar-refractivity contribution in [2.24, 2.45) is 5.73 Å². The normalized spacial score (nSPS) is 11.9. The van der Waals surface area contributed by atoms with Gasteiger partial charge in [0.2, 0.25) is 0 Å². The van der Waals surface area contributed by atoms with E-state index in [2.05, 4.69) is 5.32 Å². The van der Waals surface area contributed by atoms with E-state index < -0.39 is 6.04 Å². The maximum atomic E-state index is 11.2. The Bertz CT molecular complexity index is 301. The Balaban J connectivity index is 2.34. The monoisotopic (exact) mass is 208 g/mol. The molecule has 1 unspecified atom stereocenters. The lowest BCUT2D eigenvalue weighted by atomic mass is 10.3. The third-order valence-electron chi connectivity index (χ3n) is 1.89. The van der Waals surface area contributed by atoms with Crippen LogP contribution in [0.2, 0.25) is 0 Å². The molecule has 0 saturated heterocycles. The fourth-order valence-electron chi connectivity index (χ4n) is 1.12. The summed E-state index contributed by atoms with van der Waals surface area (Å²) in [6.45, 7) is 2.50. The van der Waals surface area contributed by atoms with Crippen LogP contribution >= 0.6 is 0 Å². The van der Waals surface area contributed by atoms with Gasteiger partial charge in [-0.05, 0) is 19.1 Å². The number of para-hydroxylation sites is 1. The lowest BCUT2D eigenvalue weighted by molar-refractivity contribution is -0.144. The van der Waals surface area contributed by atoms with Crippen molar-refractivity contribution in [2.75, 3.05) is 18.5 Å². The standard InChI is InChI=1S/C11H16N2O2/c1-2-15-11(14)10(12)8-13-9-6-4-3-5-7-9/h3-7,10,13H,2,8,12H2,1H3. The zero-order chi connectivity index (χ0) is 11.1. The molecule has 0 bridgehead atoms. The maximum absolute atomic E-state index is 11.2. The largest absolute Gasteiger partial charge is 0.465 e.